The van der Waals surface area contributed by atoms with Crippen LogP contribution in [-0.4, -0.2) is 83.7 Å². The maximum absolute atomic E-state index is 10.5. The van der Waals surface area contributed by atoms with Crippen LogP contribution in [-0.2, 0) is 28.6 Å². The SMILES string of the molecule is O=[N+]([O-])O[C@@H]1COC2C(SS[C@H]3COC4C3OC[C@H]4O[N+](=O)[O-])COC21. The Hall–Kier alpha value is -1.06. The summed E-state index contributed by atoms with van der Waals surface area (Å²) in [6.07, 6.45) is -2.86. The first kappa shape index (κ1) is 18.3. The van der Waals surface area contributed by atoms with E-state index in [1.807, 2.05) is 0 Å². The minimum absolute atomic E-state index is 0.00312. The highest BCUT2D eigenvalue weighted by Gasteiger charge is 2.52. The molecule has 0 N–H and O–H groups in total. The maximum Gasteiger partial charge on any atom is 0.294 e. The molecule has 4 rings (SSSR count). The Balaban J connectivity index is 1.27. The Morgan fingerprint density at radius 1 is 0.692 bits per heavy atom. The topological polar surface area (TPSA) is 142 Å². The summed E-state index contributed by atoms with van der Waals surface area (Å²) in [7, 11) is 3.10. The third kappa shape index (κ3) is 3.53. The normalized spacial score (nSPS) is 43.8. The van der Waals surface area contributed by atoms with Crippen molar-refractivity contribution in [2.45, 2.75) is 47.1 Å². The molecular weight excluding hydrogens is 396 g/mol. The Labute approximate surface area is 154 Å². The van der Waals surface area contributed by atoms with Crippen LogP contribution in [0, 0.1) is 20.2 Å². The zero-order valence-electron chi connectivity index (χ0n) is 13.2. The fourth-order valence-corrected chi connectivity index (χ4v) is 6.65. The van der Waals surface area contributed by atoms with Gasteiger partial charge in [-0.25, -0.2) is 0 Å². The largest absolute Gasteiger partial charge is 0.372 e. The van der Waals surface area contributed by atoms with Gasteiger partial charge in [-0.2, -0.15) is 0 Å². The summed E-state index contributed by atoms with van der Waals surface area (Å²) < 4.78 is 22.5. The van der Waals surface area contributed by atoms with E-state index in [0.29, 0.717) is 13.2 Å². The van der Waals surface area contributed by atoms with Crippen LogP contribution >= 0.6 is 21.6 Å². The lowest BCUT2D eigenvalue weighted by molar-refractivity contribution is -0.769. The van der Waals surface area contributed by atoms with Crippen molar-refractivity contribution in [3.63, 3.8) is 0 Å². The first-order valence-electron chi connectivity index (χ1n) is 7.94. The van der Waals surface area contributed by atoms with Crippen LogP contribution in [0.1, 0.15) is 0 Å². The molecule has 8 atom stereocenters. The lowest BCUT2D eigenvalue weighted by Gasteiger charge is -2.19. The molecule has 0 radical (unpaired) electrons. The van der Waals surface area contributed by atoms with Crippen LogP contribution in [0.25, 0.3) is 0 Å². The van der Waals surface area contributed by atoms with E-state index in [1.165, 1.54) is 0 Å². The number of nitrogens with zero attached hydrogens (tertiary/aromatic N) is 2. The van der Waals surface area contributed by atoms with Gasteiger partial charge in [0, 0.05) is 0 Å². The summed E-state index contributed by atoms with van der Waals surface area (Å²) in [5.74, 6) is 0. The van der Waals surface area contributed by atoms with Crippen molar-refractivity contribution in [1.29, 1.82) is 0 Å². The van der Waals surface area contributed by atoms with Gasteiger partial charge in [0.1, 0.15) is 24.4 Å². The molecule has 4 aliphatic rings. The quantitative estimate of drug-likeness (QED) is 0.312. The molecule has 26 heavy (non-hydrogen) atoms. The van der Waals surface area contributed by atoms with E-state index in [0.717, 1.165) is 0 Å². The number of ether oxygens (including phenoxy) is 4. The summed E-state index contributed by atoms with van der Waals surface area (Å²) in [5.41, 5.74) is 0. The van der Waals surface area contributed by atoms with Gasteiger partial charge < -0.3 is 28.6 Å². The molecular formula is C12H16N2O10S2. The summed E-state index contributed by atoms with van der Waals surface area (Å²) in [6.45, 7) is 1.05. The molecule has 146 valence electrons. The van der Waals surface area contributed by atoms with Gasteiger partial charge in [0.15, 0.2) is 12.2 Å². The van der Waals surface area contributed by atoms with Gasteiger partial charge in [0.25, 0.3) is 10.2 Å². The molecule has 0 amide bonds. The van der Waals surface area contributed by atoms with Crippen LogP contribution in [0.4, 0.5) is 0 Å². The second kappa shape index (κ2) is 7.52. The highest BCUT2D eigenvalue weighted by atomic mass is 33.1. The predicted octanol–water partition coefficient (Wildman–Crippen LogP) is -0.146. The molecule has 0 aromatic carbocycles. The lowest BCUT2D eigenvalue weighted by atomic mass is 10.1. The lowest BCUT2D eigenvalue weighted by Crippen LogP contribution is -2.34. The molecule has 0 saturated carbocycles. The van der Waals surface area contributed by atoms with E-state index >= 15 is 0 Å². The molecule has 0 bridgehead atoms. The van der Waals surface area contributed by atoms with Gasteiger partial charge in [-0.15, -0.1) is 20.2 Å². The summed E-state index contributed by atoms with van der Waals surface area (Å²) in [6, 6.07) is 0. The number of hydrogen-bond donors (Lipinski definition) is 0. The minimum atomic E-state index is -0.828. The molecule has 0 aromatic rings. The minimum Gasteiger partial charge on any atom is -0.372 e. The average Bonchev–Trinajstić information content (AvgIpc) is 3.30. The van der Waals surface area contributed by atoms with E-state index in [9.17, 15) is 20.2 Å². The molecule has 4 saturated heterocycles. The molecule has 0 spiro atoms. The third-order valence-corrected chi connectivity index (χ3v) is 7.90. The second-order valence-electron chi connectivity index (χ2n) is 6.20. The molecule has 4 heterocycles. The molecule has 5 unspecified atom stereocenters. The monoisotopic (exact) mass is 412 g/mol. The van der Waals surface area contributed by atoms with Crippen molar-refractivity contribution >= 4 is 21.6 Å². The molecule has 12 nitrogen and oxygen atoms in total. The molecule has 4 fully saturated rings. The van der Waals surface area contributed by atoms with Crippen LogP contribution in [0.3, 0.4) is 0 Å². The Kier molecular flexibility index (Phi) is 5.29. The van der Waals surface area contributed by atoms with E-state index in [2.05, 4.69) is 9.68 Å². The van der Waals surface area contributed by atoms with Gasteiger partial charge in [-0.05, 0) is 0 Å². The molecule has 14 heteroatoms. The molecule has 0 aromatic heterocycles. The van der Waals surface area contributed by atoms with Crippen LogP contribution in [0.5, 0.6) is 0 Å². The highest BCUT2D eigenvalue weighted by molar-refractivity contribution is 8.77. The second-order valence-corrected chi connectivity index (χ2v) is 8.95. The first-order chi connectivity index (χ1) is 12.5. The van der Waals surface area contributed by atoms with Gasteiger partial charge >= 0.3 is 0 Å². The number of fused-ring (bicyclic) bond motifs is 2. The fraction of sp³-hybridized carbons (Fsp3) is 1.00. The van der Waals surface area contributed by atoms with E-state index in [-0.39, 0.29) is 35.9 Å². The van der Waals surface area contributed by atoms with Gasteiger partial charge in [0.05, 0.1) is 36.9 Å². The third-order valence-electron chi connectivity index (χ3n) is 4.67. The van der Waals surface area contributed by atoms with E-state index < -0.39 is 34.6 Å². The van der Waals surface area contributed by atoms with Crippen molar-refractivity contribution in [3.8, 4) is 0 Å². The van der Waals surface area contributed by atoms with Crippen molar-refractivity contribution in [1.82, 2.24) is 0 Å². The predicted molar refractivity (Wildman–Crippen MR) is 85.5 cm³/mol. The van der Waals surface area contributed by atoms with E-state index in [1.54, 1.807) is 21.6 Å². The van der Waals surface area contributed by atoms with Gasteiger partial charge in [-0.1, -0.05) is 21.6 Å². The standard InChI is InChI=1S/C12H16N2O10S2/c15-13(16)23-5-1-19-11-7(3-21-9(5)11)25-26-8-4-22-10-6(24-14(17)18)2-20-12(8)10/h5-12H,1-4H2/t5-,6-,7+,8?,9?,10?,11?,12?/m1/s1. The van der Waals surface area contributed by atoms with Crippen LogP contribution < -0.4 is 0 Å². The highest BCUT2D eigenvalue weighted by Crippen LogP contribution is 2.45. The Morgan fingerprint density at radius 3 is 1.46 bits per heavy atom. The molecule has 0 aliphatic carbocycles. The smallest absolute Gasteiger partial charge is 0.294 e. The maximum atomic E-state index is 10.5. The summed E-state index contributed by atoms with van der Waals surface area (Å²) in [5, 5.41) is 19.4. The summed E-state index contributed by atoms with van der Waals surface area (Å²) in [4.78, 5) is 30.2. The fourth-order valence-electron chi connectivity index (χ4n) is 3.57. The zero-order valence-corrected chi connectivity index (χ0v) is 14.9. The average molecular weight is 412 g/mol. The first-order valence-corrected chi connectivity index (χ1v) is 10.2. The van der Waals surface area contributed by atoms with Gasteiger partial charge in [-0.3, -0.25) is 0 Å². The van der Waals surface area contributed by atoms with E-state index in [4.69, 9.17) is 18.9 Å². The van der Waals surface area contributed by atoms with Crippen molar-refractivity contribution in [2.75, 3.05) is 26.4 Å². The summed E-state index contributed by atoms with van der Waals surface area (Å²) >= 11 is 0. The Morgan fingerprint density at radius 2 is 1.08 bits per heavy atom. The number of rotatable bonds is 7. The Bertz CT molecular complexity index is 522. The van der Waals surface area contributed by atoms with Gasteiger partial charge in [0.2, 0.25) is 0 Å². The number of hydrogen-bond acceptors (Lipinski definition) is 12. The van der Waals surface area contributed by atoms with Crippen molar-refractivity contribution in [2.24, 2.45) is 0 Å². The van der Waals surface area contributed by atoms with Crippen molar-refractivity contribution < 1.29 is 38.8 Å². The van der Waals surface area contributed by atoms with Crippen LogP contribution in [0.2, 0.25) is 0 Å². The molecule has 4 aliphatic heterocycles. The van der Waals surface area contributed by atoms with Crippen LogP contribution in [0.15, 0.2) is 0 Å². The zero-order chi connectivity index (χ0) is 18.3. The van der Waals surface area contributed by atoms with Crippen molar-refractivity contribution in [3.05, 3.63) is 20.2 Å².